The van der Waals surface area contributed by atoms with Crippen LogP contribution in [-0.2, 0) is 6.54 Å². The summed E-state index contributed by atoms with van der Waals surface area (Å²) in [6, 6.07) is 4.62. The first-order valence-electron chi connectivity index (χ1n) is 4.61. The molecule has 4 nitrogen and oxygen atoms in total. The van der Waals surface area contributed by atoms with E-state index in [1.54, 1.807) is 23.1 Å². The lowest BCUT2D eigenvalue weighted by Crippen LogP contribution is -2.09. The third-order valence-corrected chi connectivity index (χ3v) is 2.08. The van der Waals surface area contributed by atoms with Crippen LogP contribution in [-0.4, -0.2) is 22.0 Å². The molecule has 1 N–H and O–H groups in total. The van der Waals surface area contributed by atoms with E-state index in [0.29, 0.717) is 12.2 Å². The van der Waals surface area contributed by atoms with Gasteiger partial charge >= 0.3 is 0 Å². The first-order chi connectivity index (χ1) is 7.31. The van der Waals surface area contributed by atoms with Gasteiger partial charge in [-0.2, -0.15) is 0 Å². The average molecular weight is 206 g/mol. The summed E-state index contributed by atoms with van der Waals surface area (Å²) in [5, 5.41) is 10.6. The van der Waals surface area contributed by atoms with Crippen LogP contribution in [0.1, 0.15) is 5.56 Å². The minimum Gasteiger partial charge on any atom is -0.316 e. The van der Waals surface area contributed by atoms with Crippen molar-refractivity contribution in [3.05, 3.63) is 42.0 Å². The zero-order valence-corrected chi connectivity index (χ0v) is 8.31. The predicted molar refractivity (Wildman–Crippen MR) is 54.1 cm³/mol. The fraction of sp³-hybridized carbons (Fsp3) is 0.200. The van der Waals surface area contributed by atoms with Gasteiger partial charge in [0.05, 0.1) is 18.1 Å². The molecule has 5 heteroatoms. The molecule has 0 radical (unpaired) electrons. The lowest BCUT2D eigenvalue weighted by atomic mass is 10.1. The number of hydrogen-bond acceptors (Lipinski definition) is 3. The third kappa shape index (κ3) is 2.02. The number of nitrogens with zero attached hydrogens (tertiary/aromatic N) is 3. The van der Waals surface area contributed by atoms with E-state index >= 15 is 0 Å². The van der Waals surface area contributed by atoms with Crippen LogP contribution in [0.15, 0.2) is 30.6 Å². The number of benzene rings is 1. The highest BCUT2D eigenvalue weighted by atomic mass is 19.1. The molecule has 0 atom stereocenters. The van der Waals surface area contributed by atoms with Crippen LogP contribution in [0.25, 0.3) is 5.69 Å². The molecule has 1 aromatic carbocycles. The Labute approximate surface area is 86.7 Å². The molecule has 2 rings (SSSR count). The normalized spacial score (nSPS) is 10.5. The molecule has 15 heavy (non-hydrogen) atoms. The fourth-order valence-corrected chi connectivity index (χ4v) is 1.43. The smallest absolute Gasteiger partial charge is 0.125 e. The quantitative estimate of drug-likeness (QED) is 0.818. The van der Waals surface area contributed by atoms with Crippen molar-refractivity contribution in [3.8, 4) is 5.69 Å². The predicted octanol–water partition coefficient (Wildman–Crippen LogP) is 1.13. The Morgan fingerprint density at radius 3 is 3.00 bits per heavy atom. The van der Waals surface area contributed by atoms with Gasteiger partial charge in [-0.15, -0.1) is 5.10 Å². The van der Waals surface area contributed by atoms with E-state index in [-0.39, 0.29) is 5.82 Å². The molecule has 1 aromatic heterocycles. The second-order valence-corrected chi connectivity index (χ2v) is 3.15. The van der Waals surface area contributed by atoms with Crippen LogP contribution in [0.2, 0.25) is 0 Å². The lowest BCUT2D eigenvalue weighted by molar-refractivity contribution is 0.622. The summed E-state index contributed by atoms with van der Waals surface area (Å²) >= 11 is 0. The van der Waals surface area contributed by atoms with Crippen LogP contribution < -0.4 is 5.32 Å². The Kier molecular flexibility index (Phi) is 2.73. The molecular formula is C10H11FN4. The molecule has 0 unspecified atom stereocenters. The van der Waals surface area contributed by atoms with E-state index in [1.807, 2.05) is 7.05 Å². The molecule has 0 fully saturated rings. The maximum absolute atomic E-state index is 13.1. The molecule has 0 aliphatic carbocycles. The minimum absolute atomic E-state index is 0.277. The molecule has 78 valence electrons. The Balaban J connectivity index is 2.47. The first-order valence-corrected chi connectivity index (χ1v) is 4.61. The summed E-state index contributed by atoms with van der Waals surface area (Å²) < 4.78 is 14.6. The topological polar surface area (TPSA) is 42.7 Å². The van der Waals surface area contributed by atoms with Crippen LogP contribution in [0.3, 0.4) is 0 Å². The van der Waals surface area contributed by atoms with E-state index in [0.717, 1.165) is 5.56 Å². The number of rotatable bonds is 3. The summed E-state index contributed by atoms with van der Waals surface area (Å²) in [4.78, 5) is 0. The van der Waals surface area contributed by atoms with Gasteiger partial charge in [-0.1, -0.05) is 11.3 Å². The van der Waals surface area contributed by atoms with E-state index in [4.69, 9.17) is 0 Å². The first kappa shape index (κ1) is 9.79. The molecule has 1 heterocycles. The Morgan fingerprint density at radius 2 is 2.33 bits per heavy atom. The Bertz CT molecular complexity index is 439. The lowest BCUT2D eigenvalue weighted by Gasteiger charge is -2.08. The molecule has 2 aromatic rings. The standard InChI is InChI=1S/C10H11FN4/c1-12-7-8-2-3-9(11)6-10(8)15-5-4-13-14-15/h2-6,12H,7H2,1H3. The Hall–Kier alpha value is -1.75. The number of aromatic nitrogens is 3. The molecule has 0 bridgehead atoms. The maximum atomic E-state index is 13.1. The van der Waals surface area contributed by atoms with Crippen LogP contribution in [0.5, 0.6) is 0 Å². The summed E-state index contributed by atoms with van der Waals surface area (Å²) in [5.41, 5.74) is 1.69. The van der Waals surface area contributed by atoms with Crippen molar-refractivity contribution in [1.82, 2.24) is 20.3 Å². The molecule has 0 spiro atoms. The van der Waals surface area contributed by atoms with Gasteiger partial charge < -0.3 is 5.32 Å². The molecule has 0 aliphatic heterocycles. The van der Waals surface area contributed by atoms with Gasteiger partial charge in [0, 0.05) is 6.54 Å². The number of nitrogens with one attached hydrogen (secondary N) is 1. The minimum atomic E-state index is -0.277. The number of hydrogen-bond donors (Lipinski definition) is 1. The SMILES string of the molecule is CNCc1ccc(F)cc1-n1ccnn1. The van der Waals surface area contributed by atoms with Crippen molar-refractivity contribution in [2.75, 3.05) is 7.05 Å². The second kappa shape index (κ2) is 4.18. The van der Waals surface area contributed by atoms with Crippen molar-refractivity contribution in [3.63, 3.8) is 0 Å². The van der Waals surface area contributed by atoms with Crippen molar-refractivity contribution in [2.24, 2.45) is 0 Å². The summed E-state index contributed by atoms with van der Waals surface area (Å²) in [6.07, 6.45) is 3.25. The second-order valence-electron chi connectivity index (χ2n) is 3.15. The summed E-state index contributed by atoms with van der Waals surface area (Å²) in [6.45, 7) is 0.662. The average Bonchev–Trinajstić information content (AvgIpc) is 2.74. The highest BCUT2D eigenvalue weighted by Gasteiger charge is 2.05. The third-order valence-electron chi connectivity index (χ3n) is 2.08. The highest BCUT2D eigenvalue weighted by Crippen LogP contribution is 2.14. The van der Waals surface area contributed by atoms with Gasteiger partial charge in [0.25, 0.3) is 0 Å². The van der Waals surface area contributed by atoms with Gasteiger partial charge in [0.1, 0.15) is 5.82 Å². The van der Waals surface area contributed by atoms with Gasteiger partial charge in [-0.25, -0.2) is 9.07 Å². The van der Waals surface area contributed by atoms with Crippen molar-refractivity contribution in [1.29, 1.82) is 0 Å². The van der Waals surface area contributed by atoms with Crippen LogP contribution in [0, 0.1) is 5.82 Å². The molecule has 0 saturated heterocycles. The fourth-order valence-electron chi connectivity index (χ4n) is 1.43. The molecule has 0 amide bonds. The zero-order valence-electron chi connectivity index (χ0n) is 8.31. The van der Waals surface area contributed by atoms with Crippen LogP contribution >= 0.6 is 0 Å². The number of halogens is 1. The Morgan fingerprint density at radius 1 is 1.47 bits per heavy atom. The van der Waals surface area contributed by atoms with Crippen molar-refractivity contribution >= 4 is 0 Å². The largest absolute Gasteiger partial charge is 0.316 e. The summed E-state index contributed by atoms with van der Waals surface area (Å²) in [7, 11) is 1.84. The van der Waals surface area contributed by atoms with Crippen LogP contribution in [0.4, 0.5) is 4.39 Å². The van der Waals surface area contributed by atoms with Crippen molar-refractivity contribution < 1.29 is 4.39 Å². The molecule has 0 saturated carbocycles. The van der Waals surface area contributed by atoms with Crippen molar-refractivity contribution in [2.45, 2.75) is 6.54 Å². The van der Waals surface area contributed by atoms with E-state index in [1.165, 1.54) is 12.1 Å². The highest BCUT2D eigenvalue weighted by molar-refractivity contribution is 5.40. The van der Waals surface area contributed by atoms with Gasteiger partial charge in [0.15, 0.2) is 0 Å². The summed E-state index contributed by atoms with van der Waals surface area (Å²) in [5.74, 6) is -0.277. The molecular weight excluding hydrogens is 195 g/mol. The zero-order chi connectivity index (χ0) is 10.7. The molecule has 0 aliphatic rings. The van der Waals surface area contributed by atoms with E-state index < -0.39 is 0 Å². The van der Waals surface area contributed by atoms with E-state index in [9.17, 15) is 4.39 Å². The van der Waals surface area contributed by atoms with Gasteiger partial charge in [0.2, 0.25) is 0 Å². The van der Waals surface area contributed by atoms with E-state index in [2.05, 4.69) is 15.6 Å². The van der Waals surface area contributed by atoms with Gasteiger partial charge in [-0.3, -0.25) is 0 Å². The van der Waals surface area contributed by atoms with Gasteiger partial charge in [-0.05, 0) is 24.7 Å². The monoisotopic (exact) mass is 206 g/mol. The maximum Gasteiger partial charge on any atom is 0.125 e.